The molecule has 0 saturated carbocycles. The molecule has 2 heterocycles. The number of nitrogens with zero attached hydrogens (tertiary/aromatic N) is 3. The zero-order valence-corrected chi connectivity index (χ0v) is 9.95. The summed E-state index contributed by atoms with van der Waals surface area (Å²) in [4.78, 5) is 6.81. The van der Waals surface area contributed by atoms with Crippen molar-refractivity contribution < 1.29 is 0 Å². The zero-order valence-electron chi connectivity index (χ0n) is 9.95. The van der Waals surface area contributed by atoms with Crippen molar-refractivity contribution in [2.45, 2.75) is 6.54 Å². The zero-order chi connectivity index (χ0) is 11.2. The molecule has 0 spiro atoms. The van der Waals surface area contributed by atoms with Gasteiger partial charge in [-0.05, 0) is 0 Å². The molecule has 16 heavy (non-hydrogen) atoms. The highest BCUT2D eigenvalue weighted by molar-refractivity contribution is 4.91. The van der Waals surface area contributed by atoms with E-state index in [1.807, 2.05) is 12.4 Å². The van der Waals surface area contributed by atoms with Crippen molar-refractivity contribution in [2.75, 3.05) is 39.3 Å². The van der Waals surface area contributed by atoms with Gasteiger partial charge in [-0.15, -0.1) is 0 Å². The Morgan fingerprint density at radius 2 is 1.88 bits per heavy atom. The molecule has 1 saturated heterocycles. The average molecular weight is 223 g/mol. The van der Waals surface area contributed by atoms with Crippen molar-refractivity contribution >= 4 is 0 Å². The SMILES string of the molecule is Cn1ccnc1CN1CCNCCNCC1. The molecule has 1 aliphatic heterocycles. The highest BCUT2D eigenvalue weighted by Crippen LogP contribution is 2.00. The Morgan fingerprint density at radius 1 is 1.19 bits per heavy atom. The Hall–Kier alpha value is -0.910. The number of nitrogens with one attached hydrogen (secondary N) is 2. The molecular formula is C11H21N5. The minimum atomic E-state index is 0.937. The van der Waals surface area contributed by atoms with Crippen LogP contribution in [0.25, 0.3) is 0 Å². The van der Waals surface area contributed by atoms with Crippen molar-refractivity contribution in [3.63, 3.8) is 0 Å². The standard InChI is InChI=1S/C11H21N5/c1-15-7-6-14-11(15)10-16-8-4-12-2-3-13-5-9-16/h6-7,12-13H,2-5,8-10H2,1H3. The molecule has 1 aromatic heterocycles. The average Bonchev–Trinajstić information content (AvgIpc) is 2.72. The van der Waals surface area contributed by atoms with Crippen LogP contribution in [-0.4, -0.2) is 53.7 Å². The Kier molecular flexibility index (Phi) is 4.33. The molecule has 5 nitrogen and oxygen atoms in total. The maximum atomic E-state index is 4.37. The van der Waals surface area contributed by atoms with Crippen molar-refractivity contribution in [3.8, 4) is 0 Å². The number of aryl methyl sites for hydroxylation is 1. The Labute approximate surface area is 96.8 Å². The van der Waals surface area contributed by atoms with Crippen LogP contribution in [0.2, 0.25) is 0 Å². The first kappa shape index (κ1) is 11.6. The van der Waals surface area contributed by atoms with Gasteiger partial charge in [0.15, 0.2) is 0 Å². The molecular weight excluding hydrogens is 202 g/mol. The van der Waals surface area contributed by atoms with Gasteiger partial charge in [0, 0.05) is 58.7 Å². The summed E-state index contributed by atoms with van der Waals surface area (Å²) in [5.41, 5.74) is 0. The summed E-state index contributed by atoms with van der Waals surface area (Å²) < 4.78 is 2.09. The quantitative estimate of drug-likeness (QED) is 0.704. The first-order valence-electron chi connectivity index (χ1n) is 5.96. The van der Waals surface area contributed by atoms with Gasteiger partial charge in [-0.3, -0.25) is 4.90 Å². The van der Waals surface area contributed by atoms with E-state index in [-0.39, 0.29) is 0 Å². The number of hydrogen-bond acceptors (Lipinski definition) is 4. The van der Waals surface area contributed by atoms with Gasteiger partial charge in [-0.2, -0.15) is 0 Å². The second-order valence-corrected chi connectivity index (χ2v) is 4.23. The van der Waals surface area contributed by atoms with E-state index in [9.17, 15) is 0 Å². The molecule has 1 fully saturated rings. The normalized spacial score (nSPS) is 20.1. The summed E-state index contributed by atoms with van der Waals surface area (Å²) in [5, 5.41) is 6.84. The predicted octanol–water partition coefficient (Wildman–Crippen LogP) is -0.585. The van der Waals surface area contributed by atoms with Crippen LogP contribution in [0.4, 0.5) is 0 Å². The maximum absolute atomic E-state index is 4.37. The van der Waals surface area contributed by atoms with E-state index in [1.54, 1.807) is 0 Å². The molecule has 1 aliphatic rings. The highest BCUT2D eigenvalue weighted by Gasteiger charge is 2.09. The van der Waals surface area contributed by atoms with Crippen molar-refractivity contribution in [1.29, 1.82) is 0 Å². The lowest BCUT2D eigenvalue weighted by Gasteiger charge is -2.20. The second kappa shape index (κ2) is 5.98. The number of imidazole rings is 1. The van der Waals surface area contributed by atoms with Gasteiger partial charge in [-0.25, -0.2) is 4.98 Å². The Balaban J connectivity index is 1.88. The van der Waals surface area contributed by atoms with E-state index >= 15 is 0 Å². The maximum Gasteiger partial charge on any atom is 0.122 e. The fraction of sp³-hybridized carbons (Fsp3) is 0.727. The van der Waals surface area contributed by atoms with E-state index in [0.717, 1.165) is 51.6 Å². The molecule has 0 radical (unpaired) electrons. The lowest BCUT2D eigenvalue weighted by atomic mass is 10.4. The minimum absolute atomic E-state index is 0.937. The monoisotopic (exact) mass is 223 g/mol. The fourth-order valence-electron chi connectivity index (χ4n) is 1.92. The van der Waals surface area contributed by atoms with Gasteiger partial charge in [0.2, 0.25) is 0 Å². The topological polar surface area (TPSA) is 45.1 Å². The van der Waals surface area contributed by atoms with E-state index in [0.29, 0.717) is 0 Å². The number of rotatable bonds is 2. The van der Waals surface area contributed by atoms with Crippen LogP contribution in [0.3, 0.4) is 0 Å². The molecule has 2 rings (SSSR count). The first-order valence-corrected chi connectivity index (χ1v) is 5.96. The lowest BCUT2D eigenvalue weighted by Crippen LogP contribution is -2.34. The van der Waals surface area contributed by atoms with Crippen LogP contribution < -0.4 is 10.6 Å². The molecule has 1 aromatic rings. The van der Waals surface area contributed by atoms with E-state index in [2.05, 4.69) is 32.1 Å². The summed E-state index contributed by atoms with van der Waals surface area (Å²) in [7, 11) is 2.05. The molecule has 5 heteroatoms. The van der Waals surface area contributed by atoms with Crippen molar-refractivity contribution in [3.05, 3.63) is 18.2 Å². The van der Waals surface area contributed by atoms with Gasteiger partial charge in [0.25, 0.3) is 0 Å². The highest BCUT2D eigenvalue weighted by atomic mass is 15.2. The van der Waals surface area contributed by atoms with Gasteiger partial charge in [0.1, 0.15) is 5.82 Å². The van der Waals surface area contributed by atoms with Gasteiger partial charge in [0.05, 0.1) is 6.54 Å². The second-order valence-electron chi connectivity index (χ2n) is 4.23. The predicted molar refractivity (Wildman–Crippen MR) is 64.2 cm³/mol. The van der Waals surface area contributed by atoms with E-state index in [1.165, 1.54) is 0 Å². The molecule has 2 N–H and O–H groups in total. The van der Waals surface area contributed by atoms with Crippen LogP contribution in [-0.2, 0) is 13.6 Å². The molecule has 0 aliphatic carbocycles. The van der Waals surface area contributed by atoms with Crippen LogP contribution in [0.15, 0.2) is 12.4 Å². The minimum Gasteiger partial charge on any atom is -0.337 e. The summed E-state index contributed by atoms with van der Waals surface area (Å²) in [6.07, 6.45) is 3.87. The molecule has 0 amide bonds. The van der Waals surface area contributed by atoms with Crippen LogP contribution in [0, 0.1) is 0 Å². The Bertz CT molecular complexity index is 299. The third kappa shape index (κ3) is 3.30. The van der Waals surface area contributed by atoms with Gasteiger partial charge >= 0.3 is 0 Å². The molecule has 90 valence electrons. The van der Waals surface area contributed by atoms with E-state index < -0.39 is 0 Å². The largest absolute Gasteiger partial charge is 0.337 e. The number of hydrogen-bond donors (Lipinski definition) is 2. The molecule has 0 atom stereocenters. The lowest BCUT2D eigenvalue weighted by molar-refractivity contribution is 0.263. The van der Waals surface area contributed by atoms with Crippen LogP contribution >= 0.6 is 0 Å². The van der Waals surface area contributed by atoms with Crippen molar-refractivity contribution in [1.82, 2.24) is 25.1 Å². The van der Waals surface area contributed by atoms with Crippen LogP contribution in [0.1, 0.15) is 5.82 Å². The smallest absolute Gasteiger partial charge is 0.122 e. The molecule has 0 aromatic carbocycles. The van der Waals surface area contributed by atoms with E-state index in [4.69, 9.17) is 0 Å². The van der Waals surface area contributed by atoms with Gasteiger partial charge in [-0.1, -0.05) is 0 Å². The van der Waals surface area contributed by atoms with Gasteiger partial charge < -0.3 is 15.2 Å². The molecule has 0 bridgehead atoms. The fourth-order valence-corrected chi connectivity index (χ4v) is 1.92. The van der Waals surface area contributed by atoms with Crippen LogP contribution in [0.5, 0.6) is 0 Å². The summed E-state index contributed by atoms with van der Waals surface area (Å²) in [5.74, 6) is 1.14. The Morgan fingerprint density at radius 3 is 2.44 bits per heavy atom. The third-order valence-electron chi connectivity index (χ3n) is 2.97. The number of aromatic nitrogens is 2. The molecule has 0 unspecified atom stereocenters. The summed E-state index contributed by atoms with van der Waals surface area (Å²) in [6.45, 7) is 7.38. The van der Waals surface area contributed by atoms with Crippen molar-refractivity contribution in [2.24, 2.45) is 7.05 Å². The first-order chi connectivity index (χ1) is 7.86. The summed E-state index contributed by atoms with van der Waals surface area (Å²) >= 11 is 0. The third-order valence-corrected chi connectivity index (χ3v) is 2.97. The summed E-state index contributed by atoms with van der Waals surface area (Å²) in [6, 6.07) is 0.